The van der Waals surface area contributed by atoms with Crippen molar-refractivity contribution in [3.05, 3.63) is 58.6 Å². The van der Waals surface area contributed by atoms with Crippen molar-refractivity contribution in [1.82, 2.24) is 20.1 Å². The summed E-state index contributed by atoms with van der Waals surface area (Å²) in [7, 11) is 1.47. The zero-order valence-electron chi connectivity index (χ0n) is 16.5. The van der Waals surface area contributed by atoms with Gasteiger partial charge in [0.2, 0.25) is 0 Å². The van der Waals surface area contributed by atoms with Crippen molar-refractivity contribution in [3.8, 4) is 0 Å². The van der Waals surface area contributed by atoms with E-state index in [0.717, 1.165) is 5.69 Å². The Kier molecular flexibility index (Phi) is 6.86. The van der Waals surface area contributed by atoms with E-state index in [4.69, 9.17) is 16.7 Å². The number of aliphatic hydroxyl groups excluding tert-OH is 1. The van der Waals surface area contributed by atoms with Crippen molar-refractivity contribution >= 4 is 40.5 Å². The van der Waals surface area contributed by atoms with E-state index < -0.39 is 11.7 Å². The lowest BCUT2D eigenvalue weighted by atomic mass is 10.1. The average Bonchev–Trinajstić information content (AvgIpc) is 3.12. The molecule has 8 nitrogen and oxygen atoms in total. The summed E-state index contributed by atoms with van der Waals surface area (Å²) in [5.41, 5.74) is 1.29. The lowest BCUT2D eigenvalue weighted by molar-refractivity contribution is 0.0963. The van der Waals surface area contributed by atoms with Crippen LogP contribution < -0.4 is 16.0 Å². The summed E-state index contributed by atoms with van der Waals surface area (Å²) < 4.78 is 16.2. The van der Waals surface area contributed by atoms with Crippen molar-refractivity contribution in [3.63, 3.8) is 0 Å². The van der Waals surface area contributed by atoms with Gasteiger partial charge in [0.15, 0.2) is 0 Å². The quantitative estimate of drug-likeness (QED) is 0.434. The number of anilines is 4. The van der Waals surface area contributed by atoms with Crippen molar-refractivity contribution in [1.29, 1.82) is 0 Å². The molecule has 2 aromatic heterocycles. The number of para-hydroxylation sites is 1. The van der Waals surface area contributed by atoms with Crippen molar-refractivity contribution < 1.29 is 14.3 Å². The minimum atomic E-state index is -0.587. The van der Waals surface area contributed by atoms with Crippen LogP contribution in [0, 0.1) is 5.82 Å². The second-order valence-corrected chi connectivity index (χ2v) is 6.76. The molecule has 1 amide bonds. The van der Waals surface area contributed by atoms with Gasteiger partial charge >= 0.3 is 0 Å². The Hall–Kier alpha value is -3.17. The highest BCUT2D eigenvalue weighted by Crippen LogP contribution is 2.31. The number of aliphatic hydroxyl groups is 1. The number of carbonyl (C=O) groups excluding carboxylic acids is 1. The van der Waals surface area contributed by atoms with Crippen LogP contribution in [-0.4, -0.2) is 39.4 Å². The molecule has 0 saturated carbocycles. The minimum absolute atomic E-state index is 0.00371. The van der Waals surface area contributed by atoms with Crippen molar-refractivity contribution in [2.24, 2.45) is 0 Å². The van der Waals surface area contributed by atoms with Gasteiger partial charge in [-0.15, -0.1) is 0 Å². The molecule has 4 N–H and O–H groups in total. The molecule has 158 valence electrons. The number of amides is 1. The van der Waals surface area contributed by atoms with E-state index in [1.165, 1.54) is 31.4 Å². The van der Waals surface area contributed by atoms with Gasteiger partial charge in [0.25, 0.3) is 5.91 Å². The van der Waals surface area contributed by atoms with Gasteiger partial charge in [0, 0.05) is 38.8 Å². The van der Waals surface area contributed by atoms with Crippen LogP contribution in [0.5, 0.6) is 0 Å². The Labute approximate surface area is 178 Å². The number of halogens is 2. The normalized spacial score (nSPS) is 10.7. The second-order valence-electron chi connectivity index (χ2n) is 6.35. The van der Waals surface area contributed by atoms with E-state index >= 15 is 0 Å². The zero-order chi connectivity index (χ0) is 21.7. The predicted molar refractivity (Wildman–Crippen MR) is 114 cm³/mol. The summed E-state index contributed by atoms with van der Waals surface area (Å²) in [6.07, 6.45) is 1.87. The first kappa shape index (κ1) is 21.5. The molecule has 0 aliphatic heterocycles. The number of rotatable bonds is 8. The Morgan fingerprint density at radius 3 is 2.80 bits per heavy atom. The maximum atomic E-state index is 14.4. The molecule has 3 aromatic rings. The highest BCUT2D eigenvalue weighted by molar-refractivity contribution is 6.33. The molecule has 0 aliphatic carbocycles. The largest absolute Gasteiger partial charge is 0.396 e. The fourth-order valence-electron chi connectivity index (χ4n) is 2.89. The first-order valence-electron chi connectivity index (χ1n) is 9.34. The number of aromatic nitrogens is 3. The molecule has 0 unspecified atom stereocenters. The molecule has 3 rings (SSSR count). The predicted octanol–water partition coefficient (Wildman–Crippen LogP) is 3.47. The first-order chi connectivity index (χ1) is 14.5. The van der Waals surface area contributed by atoms with Crippen LogP contribution in [0.3, 0.4) is 0 Å². The molecule has 1 aromatic carbocycles. The number of pyridine rings is 1. The monoisotopic (exact) mass is 432 g/mol. The summed E-state index contributed by atoms with van der Waals surface area (Å²) in [6, 6.07) is 7.67. The van der Waals surface area contributed by atoms with Crippen molar-refractivity contribution in [2.45, 2.75) is 19.9 Å². The van der Waals surface area contributed by atoms with Gasteiger partial charge in [-0.2, -0.15) is 5.10 Å². The Morgan fingerprint density at radius 1 is 1.30 bits per heavy atom. The minimum Gasteiger partial charge on any atom is -0.396 e. The molecule has 0 fully saturated rings. The second kappa shape index (κ2) is 9.55. The number of nitrogens with zero attached hydrogens (tertiary/aromatic N) is 3. The van der Waals surface area contributed by atoms with Crippen LogP contribution in [0.1, 0.15) is 23.0 Å². The fraction of sp³-hybridized carbons (Fsp3) is 0.250. The maximum Gasteiger partial charge on any atom is 0.253 e. The summed E-state index contributed by atoms with van der Waals surface area (Å²) >= 11 is 6.25. The van der Waals surface area contributed by atoms with E-state index in [1.54, 1.807) is 10.7 Å². The van der Waals surface area contributed by atoms with E-state index in [0.29, 0.717) is 30.3 Å². The maximum absolute atomic E-state index is 14.4. The third kappa shape index (κ3) is 4.69. The van der Waals surface area contributed by atoms with Gasteiger partial charge < -0.3 is 21.1 Å². The molecule has 0 atom stereocenters. The Bertz CT molecular complexity index is 1060. The van der Waals surface area contributed by atoms with E-state index in [9.17, 15) is 9.18 Å². The van der Waals surface area contributed by atoms with Crippen LogP contribution >= 0.6 is 11.6 Å². The third-order valence-electron chi connectivity index (χ3n) is 4.35. The highest BCUT2D eigenvalue weighted by Gasteiger charge is 2.16. The SMILES string of the molecule is CCn1nc(CCO)cc1Nc1cc(Nc2c(F)cccc2C(=O)NC)c(Cl)cn1. The van der Waals surface area contributed by atoms with Gasteiger partial charge in [-0.3, -0.25) is 4.79 Å². The zero-order valence-corrected chi connectivity index (χ0v) is 17.3. The molecule has 10 heteroatoms. The lowest BCUT2D eigenvalue weighted by Crippen LogP contribution is -2.19. The first-order valence-corrected chi connectivity index (χ1v) is 9.72. The topological polar surface area (TPSA) is 104 Å². The summed E-state index contributed by atoms with van der Waals surface area (Å²) in [5, 5.41) is 22.3. The Morgan fingerprint density at radius 2 is 2.10 bits per heavy atom. The number of hydrogen-bond donors (Lipinski definition) is 4. The summed E-state index contributed by atoms with van der Waals surface area (Å²) in [5.74, 6) is 0.128. The number of benzene rings is 1. The average molecular weight is 433 g/mol. The van der Waals surface area contributed by atoms with Crippen LogP contribution in [-0.2, 0) is 13.0 Å². The van der Waals surface area contributed by atoms with Gasteiger partial charge in [-0.05, 0) is 19.1 Å². The van der Waals surface area contributed by atoms with Gasteiger partial charge in [-0.25, -0.2) is 14.1 Å². The molecule has 0 bridgehead atoms. The number of hydrogen-bond acceptors (Lipinski definition) is 6. The molecule has 0 aliphatic rings. The standard InChI is InChI=1S/C20H22ClFN6O2/c1-3-28-18(9-12(27-28)7-8-29)26-17-10-16(14(21)11-24-17)25-19-13(20(30)23-2)5-4-6-15(19)22/h4-6,9-11,29H,3,7-8H2,1-2H3,(H,23,30)(H2,24,25,26). The number of nitrogens with one attached hydrogen (secondary N) is 3. The van der Waals surface area contributed by atoms with Crippen LogP contribution in [0.4, 0.5) is 27.4 Å². The van der Waals surface area contributed by atoms with E-state index in [2.05, 4.69) is 26.0 Å². The van der Waals surface area contributed by atoms with E-state index in [1.807, 2.05) is 13.0 Å². The molecule has 0 saturated heterocycles. The molecule has 0 radical (unpaired) electrons. The Balaban J connectivity index is 1.92. The summed E-state index contributed by atoms with van der Waals surface area (Å²) in [4.78, 5) is 16.3. The third-order valence-corrected chi connectivity index (χ3v) is 4.66. The highest BCUT2D eigenvalue weighted by atomic mass is 35.5. The van der Waals surface area contributed by atoms with Gasteiger partial charge in [0.05, 0.1) is 33.9 Å². The molecule has 30 heavy (non-hydrogen) atoms. The number of aryl methyl sites for hydroxylation is 1. The molecule has 2 heterocycles. The smallest absolute Gasteiger partial charge is 0.253 e. The van der Waals surface area contributed by atoms with Crippen LogP contribution in [0.15, 0.2) is 36.5 Å². The fourth-order valence-corrected chi connectivity index (χ4v) is 3.04. The molecule has 0 spiro atoms. The lowest BCUT2D eigenvalue weighted by Gasteiger charge is -2.15. The van der Waals surface area contributed by atoms with Crippen LogP contribution in [0.2, 0.25) is 5.02 Å². The van der Waals surface area contributed by atoms with Crippen LogP contribution in [0.25, 0.3) is 0 Å². The molecular weight excluding hydrogens is 411 g/mol. The summed E-state index contributed by atoms with van der Waals surface area (Å²) in [6.45, 7) is 2.57. The molecular formula is C20H22ClFN6O2. The number of carbonyl (C=O) groups is 1. The van der Waals surface area contributed by atoms with Gasteiger partial charge in [0.1, 0.15) is 17.5 Å². The van der Waals surface area contributed by atoms with Gasteiger partial charge in [-0.1, -0.05) is 17.7 Å². The van der Waals surface area contributed by atoms with Crippen molar-refractivity contribution in [2.75, 3.05) is 24.3 Å². The van der Waals surface area contributed by atoms with E-state index in [-0.39, 0.29) is 22.9 Å².